The molecule has 3 rings (SSSR count). The summed E-state index contributed by atoms with van der Waals surface area (Å²) in [6.07, 6.45) is 4.70. The molecule has 0 radical (unpaired) electrons. The van der Waals surface area contributed by atoms with Crippen LogP contribution in [0.15, 0.2) is 54.9 Å². The molecule has 26 heavy (non-hydrogen) atoms. The van der Waals surface area contributed by atoms with Crippen molar-refractivity contribution in [2.45, 2.75) is 12.5 Å². The topological polar surface area (TPSA) is 49.4 Å². The number of hydrogen-bond acceptors (Lipinski definition) is 4. The highest BCUT2D eigenvalue weighted by Crippen LogP contribution is 2.20. The number of thiocarbonyl (C=S) groups is 1. The molecule has 0 spiro atoms. The Morgan fingerprint density at radius 1 is 1.12 bits per heavy atom. The van der Waals surface area contributed by atoms with E-state index in [1.807, 2.05) is 24.5 Å². The number of aromatic nitrogens is 1. The molecule has 1 unspecified atom stereocenters. The molecule has 0 bridgehead atoms. The van der Waals surface area contributed by atoms with Crippen molar-refractivity contribution in [3.8, 4) is 0 Å². The average Bonchev–Trinajstić information content (AvgIpc) is 2.71. The summed E-state index contributed by atoms with van der Waals surface area (Å²) < 4.78 is 5.49. The lowest BCUT2D eigenvalue weighted by Crippen LogP contribution is -2.45. The average molecular weight is 371 g/mol. The fourth-order valence-electron chi connectivity index (χ4n) is 3.14. The lowest BCUT2D eigenvalue weighted by molar-refractivity contribution is 0.0169. The van der Waals surface area contributed by atoms with Crippen molar-refractivity contribution >= 4 is 17.3 Å². The van der Waals surface area contributed by atoms with Crippen molar-refractivity contribution in [3.05, 3.63) is 66.0 Å². The third kappa shape index (κ3) is 5.76. The van der Waals surface area contributed by atoms with Gasteiger partial charge in [-0.15, -0.1) is 0 Å². The highest BCUT2D eigenvalue weighted by atomic mass is 32.1. The van der Waals surface area contributed by atoms with E-state index in [9.17, 15) is 0 Å². The number of ether oxygens (including phenoxy) is 1. The maximum Gasteiger partial charge on any atom is 0.166 e. The quantitative estimate of drug-likeness (QED) is 0.729. The molecule has 2 aromatic rings. The summed E-state index contributed by atoms with van der Waals surface area (Å²) in [7, 11) is 0. The number of nitrogens with zero attached hydrogens (tertiary/aromatic N) is 2. The number of pyridine rings is 1. The van der Waals surface area contributed by atoms with Gasteiger partial charge in [-0.25, -0.2) is 0 Å². The van der Waals surface area contributed by atoms with Gasteiger partial charge in [-0.05, 0) is 35.8 Å². The van der Waals surface area contributed by atoms with Crippen LogP contribution in [0.3, 0.4) is 0 Å². The van der Waals surface area contributed by atoms with E-state index >= 15 is 0 Å². The Bertz CT molecular complexity index is 662. The molecule has 1 aromatic heterocycles. The fourth-order valence-corrected chi connectivity index (χ4v) is 3.32. The van der Waals surface area contributed by atoms with Crippen LogP contribution < -0.4 is 10.6 Å². The van der Waals surface area contributed by atoms with Gasteiger partial charge in [0, 0.05) is 38.6 Å². The molecule has 0 aliphatic carbocycles. The molecule has 0 saturated carbocycles. The Hall–Kier alpha value is -2.02. The number of nitrogens with one attached hydrogen (secondary N) is 2. The van der Waals surface area contributed by atoms with Gasteiger partial charge in [-0.2, -0.15) is 0 Å². The van der Waals surface area contributed by atoms with Crippen LogP contribution in [-0.2, 0) is 11.2 Å². The highest BCUT2D eigenvalue weighted by Gasteiger charge is 2.22. The molecule has 5 nitrogen and oxygen atoms in total. The highest BCUT2D eigenvalue weighted by molar-refractivity contribution is 7.80. The Labute approximate surface area is 160 Å². The van der Waals surface area contributed by atoms with Gasteiger partial charge in [0.25, 0.3) is 0 Å². The Kier molecular flexibility index (Phi) is 7.37. The van der Waals surface area contributed by atoms with E-state index in [-0.39, 0.29) is 6.04 Å². The molecule has 1 aliphatic heterocycles. The van der Waals surface area contributed by atoms with Crippen LogP contribution in [0.2, 0.25) is 0 Å². The Morgan fingerprint density at radius 2 is 1.92 bits per heavy atom. The number of rotatable bonds is 7. The molecular formula is C20H26N4OS. The van der Waals surface area contributed by atoms with Gasteiger partial charge < -0.3 is 15.4 Å². The van der Waals surface area contributed by atoms with Crippen LogP contribution in [0.1, 0.15) is 17.2 Å². The minimum atomic E-state index is 0.237. The second-order valence-electron chi connectivity index (χ2n) is 6.32. The maximum atomic E-state index is 5.49. The van der Waals surface area contributed by atoms with Crippen molar-refractivity contribution < 1.29 is 4.74 Å². The van der Waals surface area contributed by atoms with Crippen molar-refractivity contribution in [1.82, 2.24) is 20.5 Å². The largest absolute Gasteiger partial charge is 0.379 e. The first-order valence-electron chi connectivity index (χ1n) is 9.10. The molecule has 1 aromatic carbocycles. The molecular weight excluding hydrogens is 344 g/mol. The first kappa shape index (κ1) is 18.8. The molecule has 0 amide bonds. The fraction of sp³-hybridized carbons (Fsp3) is 0.400. The summed E-state index contributed by atoms with van der Waals surface area (Å²) in [6.45, 7) is 4.98. The van der Waals surface area contributed by atoms with Gasteiger partial charge in [0.1, 0.15) is 0 Å². The molecule has 2 N–H and O–H groups in total. The summed E-state index contributed by atoms with van der Waals surface area (Å²) in [5, 5.41) is 7.37. The van der Waals surface area contributed by atoms with Crippen LogP contribution in [0.4, 0.5) is 0 Å². The smallest absolute Gasteiger partial charge is 0.166 e. The van der Waals surface area contributed by atoms with Crippen LogP contribution >= 0.6 is 12.2 Å². The van der Waals surface area contributed by atoms with Gasteiger partial charge in [0.15, 0.2) is 5.11 Å². The van der Waals surface area contributed by atoms with Crippen molar-refractivity contribution in [3.63, 3.8) is 0 Å². The zero-order chi connectivity index (χ0) is 18.0. The number of hydrogen-bond donors (Lipinski definition) is 2. The third-order valence-electron chi connectivity index (χ3n) is 4.55. The minimum Gasteiger partial charge on any atom is -0.379 e. The standard InChI is InChI=1S/C20H26N4OS/c26-20(22-10-8-17-5-2-1-3-6-17)23-16-19(18-7-4-9-21-15-18)24-11-13-25-14-12-24/h1-7,9,15,19H,8,10-14,16H2,(H2,22,23,26). The monoisotopic (exact) mass is 370 g/mol. The van der Waals surface area contributed by atoms with Crippen molar-refractivity contribution in [2.75, 3.05) is 39.4 Å². The summed E-state index contributed by atoms with van der Waals surface area (Å²) in [4.78, 5) is 6.71. The predicted molar refractivity (Wildman–Crippen MR) is 108 cm³/mol. The minimum absolute atomic E-state index is 0.237. The SMILES string of the molecule is S=C(NCCc1ccccc1)NCC(c1cccnc1)N1CCOCC1. The molecule has 1 saturated heterocycles. The Balaban J connectivity index is 1.49. The van der Waals surface area contributed by atoms with E-state index in [0.717, 1.165) is 45.8 Å². The molecule has 6 heteroatoms. The van der Waals surface area contributed by atoms with E-state index in [2.05, 4.69) is 50.8 Å². The number of benzene rings is 1. The van der Waals surface area contributed by atoms with E-state index < -0.39 is 0 Å². The van der Waals surface area contributed by atoms with E-state index in [1.54, 1.807) is 0 Å². The van der Waals surface area contributed by atoms with Crippen molar-refractivity contribution in [2.24, 2.45) is 0 Å². The summed E-state index contributed by atoms with van der Waals surface area (Å²) in [6, 6.07) is 14.8. The lowest BCUT2D eigenvalue weighted by atomic mass is 10.1. The first-order valence-corrected chi connectivity index (χ1v) is 9.51. The van der Waals surface area contributed by atoms with Crippen LogP contribution in [0.5, 0.6) is 0 Å². The summed E-state index contributed by atoms with van der Waals surface area (Å²) >= 11 is 5.46. The molecule has 1 aliphatic rings. The zero-order valence-corrected chi connectivity index (χ0v) is 15.8. The normalized spacial score (nSPS) is 16.0. The molecule has 138 valence electrons. The first-order chi connectivity index (χ1) is 12.8. The van der Waals surface area contributed by atoms with Crippen molar-refractivity contribution in [1.29, 1.82) is 0 Å². The molecule has 2 heterocycles. The summed E-state index contributed by atoms with van der Waals surface area (Å²) in [5.41, 5.74) is 2.51. The van der Waals surface area contributed by atoms with Gasteiger partial charge >= 0.3 is 0 Å². The van der Waals surface area contributed by atoms with Gasteiger partial charge in [0.05, 0.1) is 19.3 Å². The summed E-state index contributed by atoms with van der Waals surface area (Å²) in [5.74, 6) is 0. The Morgan fingerprint density at radius 3 is 2.65 bits per heavy atom. The lowest BCUT2D eigenvalue weighted by Gasteiger charge is -2.35. The van der Waals surface area contributed by atoms with E-state index in [0.29, 0.717) is 5.11 Å². The zero-order valence-electron chi connectivity index (χ0n) is 14.9. The van der Waals surface area contributed by atoms with E-state index in [4.69, 9.17) is 17.0 Å². The number of morpholine rings is 1. The van der Waals surface area contributed by atoms with Crippen LogP contribution in [-0.4, -0.2) is 54.4 Å². The van der Waals surface area contributed by atoms with Gasteiger partial charge in [-0.3, -0.25) is 9.88 Å². The van der Waals surface area contributed by atoms with Crippen LogP contribution in [0, 0.1) is 0 Å². The third-order valence-corrected chi connectivity index (χ3v) is 4.84. The predicted octanol–water partition coefficient (Wildman–Crippen LogP) is 2.16. The second-order valence-corrected chi connectivity index (χ2v) is 6.73. The van der Waals surface area contributed by atoms with Crippen LogP contribution in [0.25, 0.3) is 0 Å². The van der Waals surface area contributed by atoms with E-state index in [1.165, 1.54) is 11.1 Å². The second kappa shape index (κ2) is 10.2. The molecule has 1 fully saturated rings. The maximum absolute atomic E-state index is 5.49. The van der Waals surface area contributed by atoms with Gasteiger partial charge in [0.2, 0.25) is 0 Å². The van der Waals surface area contributed by atoms with Gasteiger partial charge in [-0.1, -0.05) is 36.4 Å². The molecule has 1 atom stereocenters.